The standard InChI is InChI=1S/C13H14FN/c1-8(2)13-11(14)7-10-6-9(3)4-5-12(10)15-13/h4-8H,1-3H3. The molecule has 0 unspecified atom stereocenters. The summed E-state index contributed by atoms with van der Waals surface area (Å²) >= 11 is 0. The zero-order valence-electron chi connectivity index (χ0n) is 9.21. The number of aromatic nitrogens is 1. The first-order valence-electron chi connectivity index (χ1n) is 5.14. The lowest BCUT2D eigenvalue weighted by atomic mass is 10.1. The van der Waals surface area contributed by atoms with Crippen molar-refractivity contribution in [1.82, 2.24) is 4.98 Å². The van der Waals surface area contributed by atoms with E-state index in [9.17, 15) is 4.39 Å². The van der Waals surface area contributed by atoms with Crippen molar-refractivity contribution in [3.05, 3.63) is 41.3 Å². The summed E-state index contributed by atoms with van der Waals surface area (Å²) in [5, 5.41) is 0.872. The maximum absolute atomic E-state index is 13.6. The Morgan fingerprint density at radius 1 is 1.20 bits per heavy atom. The number of pyridine rings is 1. The molecule has 0 bridgehead atoms. The van der Waals surface area contributed by atoms with E-state index in [1.807, 2.05) is 39.0 Å². The number of aryl methyl sites for hydroxylation is 1. The summed E-state index contributed by atoms with van der Waals surface area (Å²) in [5.41, 5.74) is 2.54. The van der Waals surface area contributed by atoms with Crippen LogP contribution in [0, 0.1) is 12.7 Å². The summed E-state index contributed by atoms with van der Waals surface area (Å²) in [6, 6.07) is 7.47. The topological polar surface area (TPSA) is 12.9 Å². The fraction of sp³-hybridized carbons (Fsp3) is 0.308. The molecular weight excluding hydrogens is 189 g/mol. The van der Waals surface area contributed by atoms with Gasteiger partial charge in [-0.05, 0) is 31.0 Å². The number of hydrogen-bond acceptors (Lipinski definition) is 1. The largest absolute Gasteiger partial charge is 0.250 e. The highest BCUT2D eigenvalue weighted by molar-refractivity contribution is 5.79. The number of rotatable bonds is 1. The minimum atomic E-state index is -0.205. The van der Waals surface area contributed by atoms with E-state index < -0.39 is 0 Å². The summed E-state index contributed by atoms with van der Waals surface area (Å²) in [6.07, 6.45) is 0. The van der Waals surface area contributed by atoms with Gasteiger partial charge in [0.2, 0.25) is 0 Å². The quantitative estimate of drug-likeness (QED) is 0.686. The lowest BCUT2D eigenvalue weighted by Gasteiger charge is -2.08. The molecule has 1 aromatic heterocycles. The van der Waals surface area contributed by atoms with Crippen LogP contribution in [0.15, 0.2) is 24.3 Å². The Morgan fingerprint density at radius 2 is 1.93 bits per heavy atom. The number of hydrogen-bond donors (Lipinski definition) is 0. The van der Waals surface area contributed by atoms with Crippen LogP contribution >= 0.6 is 0 Å². The SMILES string of the molecule is Cc1ccc2nc(C(C)C)c(F)cc2c1. The summed E-state index contributed by atoms with van der Waals surface area (Å²) in [7, 11) is 0. The van der Waals surface area contributed by atoms with E-state index in [0.29, 0.717) is 5.69 Å². The molecule has 0 atom stereocenters. The number of nitrogens with zero attached hydrogens (tertiary/aromatic N) is 1. The molecule has 1 heterocycles. The molecule has 78 valence electrons. The number of halogens is 1. The predicted octanol–water partition coefficient (Wildman–Crippen LogP) is 3.81. The molecule has 0 saturated carbocycles. The molecule has 0 aliphatic rings. The molecule has 1 aromatic carbocycles. The monoisotopic (exact) mass is 203 g/mol. The van der Waals surface area contributed by atoms with Crippen molar-refractivity contribution in [2.24, 2.45) is 0 Å². The van der Waals surface area contributed by atoms with E-state index in [-0.39, 0.29) is 11.7 Å². The van der Waals surface area contributed by atoms with Crippen molar-refractivity contribution in [2.45, 2.75) is 26.7 Å². The van der Waals surface area contributed by atoms with Crippen LogP contribution in [0.3, 0.4) is 0 Å². The van der Waals surface area contributed by atoms with Crippen LogP contribution in [0.4, 0.5) is 4.39 Å². The lowest BCUT2D eigenvalue weighted by molar-refractivity contribution is 0.588. The van der Waals surface area contributed by atoms with Gasteiger partial charge in [-0.2, -0.15) is 0 Å². The Kier molecular flexibility index (Phi) is 2.43. The molecule has 0 saturated heterocycles. The Bertz CT molecular complexity index is 503. The first kappa shape index (κ1) is 10.1. The Morgan fingerprint density at radius 3 is 2.60 bits per heavy atom. The highest BCUT2D eigenvalue weighted by Gasteiger charge is 2.09. The fourth-order valence-corrected chi connectivity index (χ4v) is 1.69. The molecular formula is C13H14FN. The zero-order valence-corrected chi connectivity index (χ0v) is 9.21. The van der Waals surface area contributed by atoms with Crippen LogP contribution in [0.1, 0.15) is 31.0 Å². The first-order valence-corrected chi connectivity index (χ1v) is 5.14. The van der Waals surface area contributed by atoms with Crippen molar-refractivity contribution in [2.75, 3.05) is 0 Å². The molecule has 0 spiro atoms. The zero-order chi connectivity index (χ0) is 11.0. The number of benzene rings is 1. The van der Waals surface area contributed by atoms with Crippen LogP contribution in [0.2, 0.25) is 0 Å². The van der Waals surface area contributed by atoms with Gasteiger partial charge < -0.3 is 0 Å². The van der Waals surface area contributed by atoms with Crippen molar-refractivity contribution in [3.63, 3.8) is 0 Å². The third-order valence-corrected chi connectivity index (χ3v) is 2.50. The van der Waals surface area contributed by atoms with E-state index in [1.165, 1.54) is 0 Å². The van der Waals surface area contributed by atoms with Crippen LogP contribution in [0.25, 0.3) is 10.9 Å². The summed E-state index contributed by atoms with van der Waals surface area (Å²) in [4.78, 5) is 4.34. The highest BCUT2D eigenvalue weighted by Crippen LogP contribution is 2.21. The predicted molar refractivity (Wildman–Crippen MR) is 60.5 cm³/mol. The van der Waals surface area contributed by atoms with E-state index in [0.717, 1.165) is 16.5 Å². The van der Waals surface area contributed by atoms with E-state index in [4.69, 9.17) is 0 Å². The summed E-state index contributed by atoms with van der Waals surface area (Å²) in [6.45, 7) is 5.89. The third-order valence-electron chi connectivity index (χ3n) is 2.50. The normalized spacial score (nSPS) is 11.3. The van der Waals surface area contributed by atoms with Gasteiger partial charge in [-0.1, -0.05) is 25.5 Å². The fourth-order valence-electron chi connectivity index (χ4n) is 1.69. The molecule has 2 heteroatoms. The van der Waals surface area contributed by atoms with Gasteiger partial charge >= 0.3 is 0 Å². The average Bonchev–Trinajstić information content (AvgIpc) is 2.15. The van der Waals surface area contributed by atoms with Gasteiger partial charge in [-0.3, -0.25) is 0 Å². The smallest absolute Gasteiger partial charge is 0.145 e. The molecule has 0 aliphatic heterocycles. The van der Waals surface area contributed by atoms with Crippen molar-refractivity contribution in [1.29, 1.82) is 0 Å². The van der Waals surface area contributed by atoms with Gasteiger partial charge in [0, 0.05) is 5.39 Å². The van der Waals surface area contributed by atoms with Crippen LogP contribution < -0.4 is 0 Å². The van der Waals surface area contributed by atoms with Crippen LogP contribution in [-0.4, -0.2) is 4.98 Å². The maximum atomic E-state index is 13.6. The van der Waals surface area contributed by atoms with Gasteiger partial charge in [-0.25, -0.2) is 9.37 Å². The molecule has 0 fully saturated rings. The summed E-state index contributed by atoms with van der Waals surface area (Å²) < 4.78 is 13.6. The van der Waals surface area contributed by atoms with Gasteiger partial charge in [-0.15, -0.1) is 0 Å². The van der Waals surface area contributed by atoms with Crippen LogP contribution in [-0.2, 0) is 0 Å². The highest BCUT2D eigenvalue weighted by atomic mass is 19.1. The molecule has 15 heavy (non-hydrogen) atoms. The Labute approximate surface area is 89.0 Å². The maximum Gasteiger partial charge on any atom is 0.145 e. The first-order chi connectivity index (χ1) is 7.08. The third kappa shape index (κ3) is 1.84. The second-order valence-electron chi connectivity index (χ2n) is 4.21. The van der Waals surface area contributed by atoms with E-state index in [2.05, 4.69) is 4.98 Å². The van der Waals surface area contributed by atoms with Crippen molar-refractivity contribution >= 4 is 10.9 Å². The van der Waals surface area contributed by atoms with Gasteiger partial charge in [0.1, 0.15) is 5.82 Å². The second-order valence-corrected chi connectivity index (χ2v) is 4.21. The Hall–Kier alpha value is -1.44. The number of fused-ring (bicyclic) bond motifs is 1. The molecule has 1 nitrogen and oxygen atoms in total. The average molecular weight is 203 g/mol. The minimum absolute atomic E-state index is 0.121. The van der Waals surface area contributed by atoms with Crippen LogP contribution in [0.5, 0.6) is 0 Å². The van der Waals surface area contributed by atoms with E-state index in [1.54, 1.807) is 6.07 Å². The van der Waals surface area contributed by atoms with Crippen molar-refractivity contribution < 1.29 is 4.39 Å². The van der Waals surface area contributed by atoms with Gasteiger partial charge in [0.05, 0.1) is 11.2 Å². The summed E-state index contributed by atoms with van der Waals surface area (Å²) in [5.74, 6) is -0.0844. The molecule has 0 amide bonds. The molecule has 0 aliphatic carbocycles. The Balaban J connectivity index is 2.71. The molecule has 0 radical (unpaired) electrons. The molecule has 2 rings (SSSR count). The van der Waals surface area contributed by atoms with Crippen molar-refractivity contribution in [3.8, 4) is 0 Å². The minimum Gasteiger partial charge on any atom is -0.250 e. The van der Waals surface area contributed by atoms with E-state index >= 15 is 0 Å². The lowest BCUT2D eigenvalue weighted by Crippen LogP contribution is -1.98. The van der Waals surface area contributed by atoms with Gasteiger partial charge in [0.25, 0.3) is 0 Å². The molecule has 2 aromatic rings. The van der Waals surface area contributed by atoms with Gasteiger partial charge in [0.15, 0.2) is 0 Å². The molecule has 0 N–H and O–H groups in total. The second kappa shape index (κ2) is 3.61.